The van der Waals surface area contributed by atoms with Crippen LogP contribution in [-0.4, -0.2) is 0 Å². The third-order valence-corrected chi connectivity index (χ3v) is 0. The van der Waals surface area contributed by atoms with Gasteiger partial charge < -0.3 is 68.2 Å². The van der Waals surface area contributed by atoms with E-state index in [0.29, 0.717) is 0 Å². The predicted molar refractivity (Wildman–Crippen MR) is 5.98 cm³/mol. The molecule has 0 aromatic heterocycles. The Hall–Kier alpha value is 2.45. The Bertz CT molecular complexity index is 10.4. The minimum Gasteiger partial charge on any atom is -1.00 e. The monoisotopic (exact) mass is 319 g/mol. The van der Waals surface area contributed by atoms with Gasteiger partial charge in [0, 0.05) is 0 Å². The van der Waals surface area contributed by atoms with Crippen molar-refractivity contribution < 1.29 is 96.2 Å². The number of quaternary nitrogens is 1. The average Bonchev–Trinajstić information content (AvgIpc) is 0. The molecule has 0 fully saturated rings. The van der Waals surface area contributed by atoms with E-state index in [4.69, 9.17) is 0 Å². The van der Waals surface area contributed by atoms with Gasteiger partial charge in [0.15, 0.2) is 0 Å². The first-order valence-corrected chi connectivity index (χ1v) is 0. The van der Waals surface area contributed by atoms with E-state index in [1.807, 2.05) is 0 Å². The van der Waals surface area contributed by atoms with Crippen LogP contribution in [0, 0.1) is 0 Å². The first-order chi connectivity index (χ1) is 0. The van der Waals surface area contributed by atoms with Gasteiger partial charge in [-0.2, -0.15) is 0 Å². The fraction of sp³-hybridized carbons (Fsp3) is 0. The molecule has 0 spiro atoms. The first kappa shape index (κ1) is 156. The van der Waals surface area contributed by atoms with Gasteiger partial charge in [0.05, 0.1) is 0 Å². The van der Waals surface area contributed by atoms with Crippen LogP contribution in [0.3, 0.4) is 0 Å². The van der Waals surface area contributed by atoms with Crippen LogP contribution in [0.1, 0.15) is 0 Å². The molecule has 0 amide bonds. The van der Waals surface area contributed by atoms with Crippen LogP contribution in [0.4, 0.5) is 0 Å². The van der Waals surface area contributed by atoms with E-state index >= 15 is 0 Å². The molecule has 0 rings (SSSR count). The van der Waals surface area contributed by atoms with E-state index in [9.17, 15) is 0 Å². The van der Waals surface area contributed by atoms with Crippen molar-refractivity contribution in [3.63, 3.8) is 0 Å². The number of hydrogen-bond acceptors (Lipinski definition) is 0. The Labute approximate surface area is 101 Å². The molecule has 8 heavy (non-hydrogen) atoms. The van der Waals surface area contributed by atoms with Crippen LogP contribution in [0.5, 0.6) is 0 Å². The van der Waals surface area contributed by atoms with Gasteiger partial charge in [-0.05, 0) is 0 Å². The fourth-order valence-corrected chi connectivity index (χ4v) is 0. The molecular formula is H4Cl5Cu2N. The van der Waals surface area contributed by atoms with E-state index in [0.717, 1.165) is 0 Å². The molecule has 4 N–H and O–H groups in total. The molecule has 1 nitrogen and oxygen atoms in total. The standard InChI is InChI=1S/5ClH.2Cu.H3N/h5*1H;;;1H3/q;;;;;2*+2;/p-4. The molecule has 0 bridgehead atoms. The molecule has 0 heterocycles. The van der Waals surface area contributed by atoms with Crippen LogP contribution >= 0.6 is 0 Å². The van der Waals surface area contributed by atoms with Crippen molar-refractivity contribution in [1.29, 1.82) is 0 Å². The Morgan fingerprint density at radius 2 is 0.375 bits per heavy atom. The van der Waals surface area contributed by atoms with Gasteiger partial charge in [-0.25, -0.2) is 0 Å². The number of rotatable bonds is 0. The van der Waals surface area contributed by atoms with Crippen molar-refractivity contribution in [2.75, 3.05) is 0 Å². The Morgan fingerprint density at radius 3 is 0.375 bits per heavy atom. The molecule has 2 radical (unpaired) electrons. The van der Waals surface area contributed by atoms with E-state index < -0.39 is 0 Å². The summed E-state index contributed by atoms with van der Waals surface area (Å²) in [6, 6.07) is 0. The summed E-state index contributed by atoms with van der Waals surface area (Å²) in [5.74, 6) is 0. The molecule has 8 heteroatoms. The quantitative estimate of drug-likeness (QED) is 0.430. The first-order valence-electron chi connectivity index (χ1n) is 0. The van der Waals surface area contributed by atoms with Crippen molar-refractivity contribution in [3.8, 4) is 0 Å². The summed E-state index contributed by atoms with van der Waals surface area (Å²) < 4.78 is 0. The molecule has 0 aromatic rings. The van der Waals surface area contributed by atoms with Gasteiger partial charge in [-0.3, -0.25) is 0 Å². The minimum atomic E-state index is 0. The van der Waals surface area contributed by atoms with Gasteiger partial charge in [0.25, 0.3) is 0 Å². The van der Waals surface area contributed by atoms with Gasteiger partial charge >= 0.3 is 34.1 Å². The molecule has 0 saturated heterocycles. The summed E-state index contributed by atoms with van der Waals surface area (Å²) in [5.41, 5.74) is 0. The van der Waals surface area contributed by atoms with E-state index in [1.165, 1.54) is 0 Å². The molecule has 0 aromatic carbocycles. The second-order valence-electron chi connectivity index (χ2n) is 0. The summed E-state index contributed by atoms with van der Waals surface area (Å²) in [6.45, 7) is 0. The zero-order chi connectivity index (χ0) is 0. The Balaban J connectivity index is 0. The van der Waals surface area contributed by atoms with Crippen LogP contribution in [-0.2, 0) is 34.1 Å². The normalized spacial score (nSPS) is 0. The molecule has 0 aliphatic heterocycles. The van der Waals surface area contributed by atoms with Gasteiger partial charge in [0.2, 0.25) is 0 Å². The average molecular weight is 322 g/mol. The summed E-state index contributed by atoms with van der Waals surface area (Å²) in [4.78, 5) is 0. The van der Waals surface area contributed by atoms with Crippen LogP contribution < -0.4 is 68.2 Å². The smallest absolute Gasteiger partial charge is 1.00 e. The third-order valence-electron chi connectivity index (χ3n) is 0. The van der Waals surface area contributed by atoms with E-state index in [1.54, 1.807) is 0 Å². The van der Waals surface area contributed by atoms with Crippen molar-refractivity contribution in [2.45, 2.75) is 0 Å². The molecule has 0 aliphatic carbocycles. The van der Waals surface area contributed by atoms with E-state index in [2.05, 4.69) is 0 Å². The number of halogens is 5. The van der Waals surface area contributed by atoms with Crippen molar-refractivity contribution in [3.05, 3.63) is 0 Å². The third kappa shape index (κ3) is 78.2. The maximum absolute atomic E-state index is 0. The largest absolute Gasteiger partial charge is 2.00 e. The minimum absolute atomic E-state index is 0. The summed E-state index contributed by atoms with van der Waals surface area (Å²) in [7, 11) is 0. The maximum atomic E-state index is 0. The Kier molecular flexibility index (Phi) is 2190. The molecule has 0 aliphatic rings. The molecule has 0 atom stereocenters. The molecule has 0 saturated carbocycles. The van der Waals surface area contributed by atoms with Gasteiger partial charge in [-0.15, -0.1) is 0 Å². The van der Waals surface area contributed by atoms with Gasteiger partial charge in [0.1, 0.15) is 0 Å². The zero-order valence-corrected chi connectivity index (χ0v) is 9.16. The van der Waals surface area contributed by atoms with Crippen molar-refractivity contribution in [2.24, 2.45) is 0 Å². The van der Waals surface area contributed by atoms with Crippen LogP contribution in [0.25, 0.3) is 0 Å². The van der Waals surface area contributed by atoms with Crippen molar-refractivity contribution in [1.82, 2.24) is 6.15 Å². The topological polar surface area (TPSA) is 36.5 Å². The molecule has 0 unspecified atom stereocenters. The number of hydrogen-bond donors (Lipinski definition) is 1. The second-order valence-corrected chi connectivity index (χ2v) is 0. The fourth-order valence-electron chi connectivity index (χ4n) is 0. The maximum Gasteiger partial charge on any atom is 2.00 e. The predicted octanol–water partition coefficient (Wildman–Crippen LogP) is -14.6. The summed E-state index contributed by atoms with van der Waals surface area (Å²) in [6.07, 6.45) is 0. The van der Waals surface area contributed by atoms with Crippen LogP contribution in [0.15, 0.2) is 0 Å². The van der Waals surface area contributed by atoms with E-state index in [-0.39, 0.29) is 102 Å². The van der Waals surface area contributed by atoms with Gasteiger partial charge in [-0.1, -0.05) is 0 Å². The molecule has 66 valence electrons. The summed E-state index contributed by atoms with van der Waals surface area (Å²) in [5, 5.41) is 0. The summed E-state index contributed by atoms with van der Waals surface area (Å²) >= 11 is 0. The van der Waals surface area contributed by atoms with Crippen molar-refractivity contribution >= 4 is 0 Å². The Morgan fingerprint density at radius 1 is 0.375 bits per heavy atom. The SMILES string of the molecule is [Cl-].[Cl-].[Cl-].[Cl-].[Cl-].[Cu+2].[Cu+2].[NH4+]. The molecular weight excluding hydrogens is 318 g/mol. The van der Waals surface area contributed by atoms with Crippen LogP contribution in [0.2, 0.25) is 0 Å². The zero-order valence-electron chi connectivity index (χ0n) is 3.49. The second kappa shape index (κ2) is 112.